The fourth-order valence-corrected chi connectivity index (χ4v) is 3.29. The minimum Gasteiger partial charge on any atom is -0.352 e. The molecule has 16 heavy (non-hydrogen) atoms. The van der Waals surface area contributed by atoms with E-state index in [2.05, 4.69) is 40.5 Å². The van der Waals surface area contributed by atoms with Gasteiger partial charge < -0.3 is 4.90 Å². The summed E-state index contributed by atoms with van der Waals surface area (Å²) in [7, 11) is 0. The van der Waals surface area contributed by atoms with E-state index in [1.54, 1.807) is 0 Å². The summed E-state index contributed by atoms with van der Waals surface area (Å²) in [4.78, 5) is 2.59. The molecule has 1 spiro atoms. The van der Waals surface area contributed by atoms with Crippen LogP contribution in [-0.2, 0) is 0 Å². The Bertz CT molecular complexity index is 341. The number of nitrogens with one attached hydrogen (secondary N) is 1. The van der Waals surface area contributed by atoms with Crippen LogP contribution < -0.4 is 10.2 Å². The molecular formula is C14H20N2. The predicted molar refractivity (Wildman–Crippen MR) is 67.6 cm³/mol. The maximum atomic E-state index is 3.56. The molecule has 0 unspecified atom stereocenters. The Hall–Kier alpha value is -1.02. The van der Waals surface area contributed by atoms with Gasteiger partial charge >= 0.3 is 0 Å². The fraction of sp³-hybridized carbons (Fsp3) is 0.571. The van der Waals surface area contributed by atoms with E-state index < -0.39 is 0 Å². The predicted octanol–water partition coefficient (Wildman–Crippen LogP) is 2.76. The number of para-hydroxylation sites is 1. The Morgan fingerprint density at radius 3 is 2.50 bits per heavy atom. The van der Waals surface area contributed by atoms with E-state index >= 15 is 0 Å². The first-order valence-electron chi connectivity index (χ1n) is 6.44. The van der Waals surface area contributed by atoms with Crippen LogP contribution in [0.3, 0.4) is 0 Å². The molecule has 2 fully saturated rings. The number of benzene rings is 1. The zero-order valence-corrected chi connectivity index (χ0v) is 9.78. The molecule has 86 valence electrons. The van der Waals surface area contributed by atoms with Gasteiger partial charge in [-0.25, -0.2) is 0 Å². The van der Waals surface area contributed by atoms with Gasteiger partial charge in [-0.2, -0.15) is 0 Å². The third kappa shape index (κ3) is 1.61. The molecule has 1 aromatic carbocycles. The molecule has 1 aliphatic heterocycles. The van der Waals surface area contributed by atoms with Gasteiger partial charge in [-0.15, -0.1) is 0 Å². The van der Waals surface area contributed by atoms with E-state index in [1.165, 1.54) is 44.3 Å². The number of hydrogen-bond donors (Lipinski definition) is 1. The van der Waals surface area contributed by atoms with E-state index in [0.717, 1.165) is 6.67 Å². The van der Waals surface area contributed by atoms with Gasteiger partial charge in [-0.05, 0) is 25.0 Å². The summed E-state index contributed by atoms with van der Waals surface area (Å²) in [5.74, 6) is 0. The van der Waals surface area contributed by atoms with Crippen LogP contribution in [0.5, 0.6) is 0 Å². The minimum absolute atomic E-state index is 0.416. The van der Waals surface area contributed by atoms with Gasteiger partial charge in [0.2, 0.25) is 0 Å². The van der Waals surface area contributed by atoms with E-state index in [0.29, 0.717) is 5.54 Å². The largest absolute Gasteiger partial charge is 0.352 e. The molecule has 0 aromatic heterocycles. The van der Waals surface area contributed by atoms with Crippen LogP contribution in [0.25, 0.3) is 0 Å². The highest BCUT2D eigenvalue weighted by molar-refractivity contribution is 5.50. The lowest BCUT2D eigenvalue weighted by atomic mass is 9.81. The molecule has 0 atom stereocenters. The normalized spacial score (nSPS) is 23.9. The molecule has 1 aromatic rings. The number of anilines is 1. The molecule has 2 heteroatoms. The number of hydrogen-bond acceptors (Lipinski definition) is 2. The summed E-state index contributed by atoms with van der Waals surface area (Å²) < 4.78 is 0. The summed E-state index contributed by atoms with van der Waals surface area (Å²) in [5.41, 5.74) is 1.80. The second-order valence-corrected chi connectivity index (χ2v) is 5.13. The Morgan fingerprint density at radius 2 is 1.75 bits per heavy atom. The molecule has 1 N–H and O–H groups in total. The van der Waals surface area contributed by atoms with Crippen LogP contribution in [0.1, 0.15) is 32.1 Å². The van der Waals surface area contributed by atoms with Crippen molar-refractivity contribution < 1.29 is 0 Å². The van der Waals surface area contributed by atoms with Gasteiger partial charge in [-0.1, -0.05) is 37.5 Å². The molecular weight excluding hydrogens is 196 g/mol. The summed E-state index contributed by atoms with van der Waals surface area (Å²) in [5, 5.41) is 3.56. The van der Waals surface area contributed by atoms with Crippen LogP contribution >= 0.6 is 0 Å². The highest BCUT2D eigenvalue weighted by atomic mass is 15.3. The molecule has 0 amide bonds. The average Bonchev–Trinajstić information content (AvgIpc) is 2.75. The highest BCUT2D eigenvalue weighted by Gasteiger charge is 2.41. The lowest BCUT2D eigenvalue weighted by Crippen LogP contribution is -2.47. The van der Waals surface area contributed by atoms with Gasteiger partial charge in [0.15, 0.2) is 0 Å². The first-order chi connectivity index (χ1) is 7.91. The maximum absolute atomic E-state index is 3.56. The maximum Gasteiger partial charge on any atom is 0.0689 e. The smallest absolute Gasteiger partial charge is 0.0689 e. The Morgan fingerprint density at radius 1 is 1.00 bits per heavy atom. The summed E-state index contributed by atoms with van der Waals surface area (Å²) in [6.45, 7) is 2.19. The Kier molecular flexibility index (Phi) is 2.60. The first kappa shape index (κ1) is 10.2. The third-order valence-corrected chi connectivity index (χ3v) is 4.15. The second kappa shape index (κ2) is 4.10. The monoisotopic (exact) mass is 216 g/mol. The quantitative estimate of drug-likeness (QED) is 0.776. The van der Waals surface area contributed by atoms with Gasteiger partial charge in [0.1, 0.15) is 0 Å². The summed E-state index contributed by atoms with van der Waals surface area (Å²) >= 11 is 0. The summed E-state index contributed by atoms with van der Waals surface area (Å²) in [6.07, 6.45) is 6.92. The molecule has 2 aliphatic rings. The molecule has 0 radical (unpaired) electrons. The van der Waals surface area contributed by atoms with Crippen LogP contribution in [0.4, 0.5) is 5.69 Å². The zero-order valence-electron chi connectivity index (χ0n) is 9.78. The molecule has 1 heterocycles. The van der Waals surface area contributed by atoms with Crippen molar-refractivity contribution in [3.8, 4) is 0 Å². The minimum atomic E-state index is 0.416. The molecule has 2 nitrogen and oxygen atoms in total. The first-order valence-corrected chi connectivity index (χ1v) is 6.44. The van der Waals surface area contributed by atoms with Crippen molar-refractivity contribution in [2.75, 3.05) is 18.1 Å². The van der Waals surface area contributed by atoms with E-state index in [1.807, 2.05) is 0 Å². The molecule has 1 saturated heterocycles. The SMILES string of the molecule is c1ccc(N2CNCC23CCCCC3)cc1. The topological polar surface area (TPSA) is 15.3 Å². The fourth-order valence-electron chi connectivity index (χ4n) is 3.29. The standard InChI is InChI=1S/C14H20N2/c1-3-7-13(8-4-1)16-12-15-11-14(16)9-5-2-6-10-14/h1,3-4,7-8,15H,2,5-6,9-12H2. The van der Waals surface area contributed by atoms with Gasteiger partial charge in [0, 0.05) is 12.2 Å². The van der Waals surface area contributed by atoms with Crippen LogP contribution in [0, 0.1) is 0 Å². The lowest BCUT2D eigenvalue weighted by molar-refractivity contribution is 0.312. The van der Waals surface area contributed by atoms with Crippen LogP contribution in [-0.4, -0.2) is 18.8 Å². The molecule has 3 rings (SSSR count). The highest BCUT2D eigenvalue weighted by Crippen LogP contribution is 2.38. The lowest BCUT2D eigenvalue weighted by Gasteiger charge is -2.42. The number of nitrogens with zero attached hydrogens (tertiary/aromatic N) is 1. The van der Waals surface area contributed by atoms with E-state index in [4.69, 9.17) is 0 Å². The molecule has 1 aliphatic carbocycles. The van der Waals surface area contributed by atoms with Crippen molar-refractivity contribution in [2.24, 2.45) is 0 Å². The average molecular weight is 216 g/mol. The zero-order chi connectivity index (χ0) is 10.8. The second-order valence-electron chi connectivity index (χ2n) is 5.13. The van der Waals surface area contributed by atoms with Crippen molar-refractivity contribution in [1.29, 1.82) is 0 Å². The Labute approximate surface area is 97.6 Å². The van der Waals surface area contributed by atoms with Crippen LogP contribution in [0.2, 0.25) is 0 Å². The van der Waals surface area contributed by atoms with Crippen LogP contribution in [0.15, 0.2) is 30.3 Å². The van der Waals surface area contributed by atoms with Crippen molar-refractivity contribution in [1.82, 2.24) is 5.32 Å². The van der Waals surface area contributed by atoms with Crippen molar-refractivity contribution in [3.05, 3.63) is 30.3 Å². The van der Waals surface area contributed by atoms with Crippen molar-refractivity contribution in [2.45, 2.75) is 37.6 Å². The van der Waals surface area contributed by atoms with E-state index in [-0.39, 0.29) is 0 Å². The van der Waals surface area contributed by atoms with Crippen molar-refractivity contribution in [3.63, 3.8) is 0 Å². The van der Waals surface area contributed by atoms with Gasteiger partial charge in [-0.3, -0.25) is 5.32 Å². The van der Waals surface area contributed by atoms with Gasteiger partial charge in [0.25, 0.3) is 0 Å². The van der Waals surface area contributed by atoms with E-state index in [9.17, 15) is 0 Å². The summed E-state index contributed by atoms with van der Waals surface area (Å²) in [6, 6.07) is 10.9. The third-order valence-electron chi connectivity index (χ3n) is 4.15. The molecule has 1 saturated carbocycles. The van der Waals surface area contributed by atoms with Crippen molar-refractivity contribution >= 4 is 5.69 Å². The Balaban J connectivity index is 1.89. The van der Waals surface area contributed by atoms with Gasteiger partial charge in [0.05, 0.1) is 12.2 Å². The molecule has 0 bridgehead atoms. The number of rotatable bonds is 1.